The van der Waals surface area contributed by atoms with Crippen LogP contribution in [0.25, 0.3) is 11.1 Å². The Morgan fingerprint density at radius 3 is 2.62 bits per heavy atom. The number of hydrogen-bond acceptors (Lipinski definition) is 5. The van der Waals surface area contributed by atoms with Crippen molar-refractivity contribution < 1.29 is 13.9 Å². The number of nitrogens with zero attached hydrogens (tertiary/aromatic N) is 3. The highest BCUT2D eigenvalue weighted by Crippen LogP contribution is 2.36. The van der Waals surface area contributed by atoms with Crippen molar-refractivity contribution in [2.24, 2.45) is 5.10 Å². The van der Waals surface area contributed by atoms with Crippen LogP contribution in [0.1, 0.15) is 23.6 Å². The summed E-state index contributed by atoms with van der Waals surface area (Å²) in [4.78, 5) is 26.0. The number of hydrazone groups is 1. The Morgan fingerprint density at radius 2 is 1.88 bits per heavy atom. The fourth-order valence-electron chi connectivity index (χ4n) is 4.08. The second kappa shape index (κ2) is 9.00. The van der Waals surface area contributed by atoms with Crippen LogP contribution < -0.4 is 10.5 Å². The van der Waals surface area contributed by atoms with Gasteiger partial charge in [-0.05, 0) is 59.7 Å². The number of oxazole rings is 1. The summed E-state index contributed by atoms with van der Waals surface area (Å²) in [5, 5.41) is 7.02. The molecule has 0 saturated carbocycles. The lowest BCUT2D eigenvalue weighted by Gasteiger charge is -2.23. The maximum Gasteiger partial charge on any atom is 0.420 e. The lowest BCUT2D eigenvalue weighted by molar-refractivity contribution is -0.133. The van der Waals surface area contributed by atoms with E-state index in [0.29, 0.717) is 27.6 Å². The number of aromatic nitrogens is 1. The monoisotopic (exact) mass is 495 g/mol. The number of carbonyl (C=O) groups excluding carboxylic acids is 1. The van der Waals surface area contributed by atoms with E-state index >= 15 is 0 Å². The third-order valence-electron chi connectivity index (χ3n) is 5.78. The van der Waals surface area contributed by atoms with E-state index in [9.17, 15) is 9.59 Å². The van der Waals surface area contributed by atoms with Gasteiger partial charge < -0.3 is 9.15 Å². The summed E-state index contributed by atoms with van der Waals surface area (Å²) in [6.45, 7) is -0.257. The van der Waals surface area contributed by atoms with E-state index in [1.165, 1.54) is 9.58 Å². The number of amides is 1. The van der Waals surface area contributed by atoms with Gasteiger partial charge in [0.05, 0.1) is 24.4 Å². The lowest BCUT2D eigenvalue weighted by atomic mass is 9.98. The molecule has 0 fully saturated rings. The van der Waals surface area contributed by atoms with E-state index in [1.807, 2.05) is 42.5 Å². The molecule has 0 bridgehead atoms. The predicted molar refractivity (Wildman–Crippen MR) is 131 cm³/mol. The molecule has 4 aromatic rings. The third-order valence-corrected chi connectivity index (χ3v) is 6.36. The highest BCUT2D eigenvalue weighted by atomic mass is 35.5. The minimum absolute atomic E-state index is 0.257. The number of hydrogen-bond donors (Lipinski definition) is 0. The van der Waals surface area contributed by atoms with Gasteiger partial charge >= 0.3 is 5.76 Å². The lowest BCUT2D eigenvalue weighted by Crippen LogP contribution is -2.32. The van der Waals surface area contributed by atoms with E-state index in [4.69, 9.17) is 32.4 Å². The predicted octanol–water partition coefficient (Wildman–Crippen LogP) is 5.29. The van der Waals surface area contributed by atoms with Crippen LogP contribution in [0.2, 0.25) is 10.0 Å². The quantitative estimate of drug-likeness (QED) is 0.377. The Bertz CT molecular complexity index is 1470. The molecule has 0 aliphatic carbocycles. The Labute approximate surface area is 204 Å². The van der Waals surface area contributed by atoms with Gasteiger partial charge in [0, 0.05) is 16.5 Å². The first-order valence-corrected chi connectivity index (χ1v) is 11.3. The maximum absolute atomic E-state index is 13.5. The van der Waals surface area contributed by atoms with Crippen LogP contribution in [0.5, 0.6) is 5.75 Å². The zero-order valence-electron chi connectivity index (χ0n) is 18.1. The van der Waals surface area contributed by atoms with E-state index in [1.54, 1.807) is 31.4 Å². The van der Waals surface area contributed by atoms with Crippen LogP contribution >= 0.6 is 23.2 Å². The molecule has 7 nitrogen and oxygen atoms in total. The molecule has 1 aliphatic rings. The van der Waals surface area contributed by atoms with Gasteiger partial charge in [-0.3, -0.25) is 9.36 Å². The molecule has 1 atom stereocenters. The molecule has 172 valence electrons. The van der Waals surface area contributed by atoms with Gasteiger partial charge in [0.2, 0.25) is 0 Å². The molecule has 0 radical (unpaired) electrons. The van der Waals surface area contributed by atoms with Crippen LogP contribution in [0.4, 0.5) is 0 Å². The van der Waals surface area contributed by atoms with Crippen LogP contribution in [-0.2, 0) is 11.3 Å². The van der Waals surface area contributed by atoms with Gasteiger partial charge in [-0.1, -0.05) is 41.4 Å². The van der Waals surface area contributed by atoms with Gasteiger partial charge in [0.15, 0.2) is 5.58 Å². The second-order valence-electron chi connectivity index (χ2n) is 7.82. The minimum Gasteiger partial charge on any atom is -0.497 e. The molecule has 0 spiro atoms. The zero-order valence-corrected chi connectivity index (χ0v) is 19.6. The molecule has 1 aliphatic heterocycles. The first-order chi connectivity index (χ1) is 16.4. The molecule has 2 heterocycles. The van der Waals surface area contributed by atoms with Gasteiger partial charge in [0.1, 0.15) is 12.3 Å². The van der Waals surface area contributed by atoms with Crippen molar-refractivity contribution >= 4 is 45.9 Å². The largest absolute Gasteiger partial charge is 0.497 e. The number of methoxy groups -OCH3 is 1. The molecule has 9 heteroatoms. The van der Waals surface area contributed by atoms with E-state index in [2.05, 4.69) is 5.10 Å². The van der Waals surface area contributed by atoms with Crippen molar-refractivity contribution in [1.82, 2.24) is 9.58 Å². The topological polar surface area (TPSA) is 77.0 Å². The molecule has 1 unspecified atom stereocenters. The molecular weight excluding hydrogens is 477 g/mol. The molecular formula is C25H19Cl2N3O4. The summed E-state index contributed by atoms with van der Waals surface area (Å²) in [5.74, 6) is -0.292. The Kier molecular flexibility index (Phi) is 5.89. The number of rotatable bonds is 5. The number of benzene rings is 3. The van der Waals surface area contributed by atoms with Gasteiger partial charge in [-0.25, -0.2) is 9.80 Å². The van der Waals surface area contributed by atoms with Crippen molar-refractivity contribution in [3.05, 3.63) is 98.5 Å². The Balaban J connectivity index is 1.52. The van der Waals surface area contributed by atoms with Gasteiger partial charge in [0.25, 0.3) is 5.91 Å². The fourth-order valence-corrected chi connectivity index (χ4v) is 4.51. The van der Waals surface area contributed by atoms with E-state index in [-0.39, 0.29) is 12.5 Å². The summed E-state index contributed by atoms with van der Waals surface area (Å²) in [6.07, 6.45) is 0.467. The highest BCUT2D eigenvalue weighted by molar-refractivity contribution is 6.31. The molecule has 3 aromatic carbocycles. The van der Waals surface area contributed by atoms with Crippen molar-refractivity contribution in [3.8, 4) is 5.75 Å². The number of halogens is 2. The van der Waals surface area contributed by atoms with E-state index < -0.39 is 11.8 Å². The standard InChI is InChI=1S/C25H19Cl2N3O4/c1-33-17-9-6-15(7-10-17)20-13-21(18-4-2-3-5-19(18)27)30(28-20)24(31)14-29-22-12-16(26)8-11-23(22)34-25(29)32/h2-12,21H,13-14H2,1H3. The van der Waals surface area contributed by atoms with E-state index in [0.717, 1.165) is 22.6 Å². The van der Waals surface area contributed by atoms with Crippen LogP contribution in [0, 0.1) is 0 Å². The number of fused-ring (bicyclic) bond motifs is 1. The first-order valence-electron chi connectivity index (χ1n) is 10.5. The smallest absolute Gasteiger partial charge is 0.420 e. The molecule has 5 rings (SSSR count). The summed E-state index contributed by atoms with van der Waals surface area (Å²) < 4.78 is 11.8. The Morgan fingerprint density at radius 1 is 1.12 bits per heavy atom. The van der Waals surface area contributed by atoms with Gasteiger partial charge in [-0.15, -0.1) is 0 Å². The normalized spacial score (nSPS) is 15.6. The summed E-state index contributed by atoms with van der Waals surface area (Å²) in [7, 11) is 1.60. The summed E-state index contributed by atoms with van der Waals surface area (Å²) >= 11 is 12.6. The van der Waals surface area contributed by atoms with Crippen molar-refractivity contribution in [2.75, 3.05) is 7.11 Å². The SMILES string of the molecule is COc1ccc(C2=NN(C(=O)Cn3c(=O)oc4ccc(Cl)cc43)C(c3ccccc3Cl)C2)cc1. The molecule has 0 N–H and O–H groups in total. The second-order valence-corrected chi connectivity index (χ2v) is 8.66. The molecule has 0 saturated heterocycles. The highest BCUT2D eigenvalue weighted by Gasteiger charge is 2.34. The van der Waals surface area contributed by atoms with Crippen molar-refractivity contribution in [3.63, 3.8) is 0 Å². The maximum atomic E-state index is 13.5. The molecule has 34 heavy (non-hydrogen) atoms. The average molecular weight is 496 g/mol. The fraction of sp³-hybridized carbons (Fsp3) is 0.160. The van der Waals surface area contributed by atoms with Crippen LogP contribution in [-0.4, -0.2) is 28.3 Å². The Hall–Kier alpha value is -3.55. The van der Waals surface area contributed by atoms with Crippen molar-refractivity contribution in [1.29, 1.82) is 0 Å². The van der Waals surface area contributed by atoms with Gasteiger partial charge in [-0.2, -0.15) is 5.10 Å². The van der Waals surface area contributed by atoms with Crippen LogP contribution in [0.15, 0.2) is 81.0 Å². The number of ether oxygens (including phenoxy) is 1. The molecule has 1 aromatic heterocycles. The third kappa shape index (κ3) is 4.08. The minimum atomic E-state index is -0.640. The molecule has 1 amide bonds. The number of carbonyl (C=O) groups is 1. The van der Waals surface area contributed by atoms with Crippen LogP contribution in [0.3, 0.4) is 0 Å². The zero-order chi connectivity index (χ0) is 23.8. The average Bonchev–Trinajstić information content (AvgIpc) is 3.41. The first kappa shape index (κ1) is 22.3. The van der Waals surface area contributed by atoms with Crippen molar-refractivity contribution in [2.45, 2.75) is 19.0 Å². The summed E-state index contributed by atoms with van der Waals surface area (Å²) in [5.41, 5.74) is 3.17. The summed E-state index contributed by atoms with van der Waals surface area (Å²) in [6, 6.07) is 19.2.